The Hall–Kier alpha value is -2.12. The second-order valence-corrected chi connectivity index (χ2v) is 6.66. The van der Waals surface area contributed by atoms with Gasteiger partial charge in [0.25, 0.3) is 5.91 Å². The van der Waals surface area contributed by atoms with Crippen molar-refractivity contribution >= 4 is 22.9 Å². The van der Waals surface area contributed by atoms with Crippen molar-refractivity contribution in [2.45, 2.75) is 18.9 Å². The van der Waals surface area contributed by atoms with Crippen molar-refractivity contribution in [2.75, 3.05) is 44.4 Å². The van der Waals surface area contributed by atoms with E-state index in [-0.39, 0.29) is 11.9 Å². The van der Waals surface area contributed by atoms with Crippen LogP contribution in [0.2, 0.25) is 0 Å². The van der Waals surface area contributed by atoms with E-state index in [1.54, 1.807) is 0 Å². The summed E-state index contributed by atoms with van der Waals surface area (Å²) in [6.45, 7) is 4.51. The molecule has 25 heavy (non-hydrogen) atoms. The van der Waals surface area contributed by atoms with Gasteiger partial charge in [0, 0.05) is 32.3 Å². The van der Waals surface area contributed by atoms with Crippen molar-refractivity contribution in [2.24, 2.45) is 7.05 Å². The zero-order valence-electron chi connectivity index (χ0n) is 14.5. The highest BCUT2D eigenvalue weighted by molar-refractivity contribution is 5.97. The number of nitrogens with zero attached hydrogens (tertiary/aromatic N) is 3. The summed E-state index contributed by atoms with van der Waals surface area (Å²) in [5.74, 6) is 0.868. The number of anilines is 1. The first-order valence-corrected chi connectivity index (χ1v) is 8.90. The van der Waals surface area contributed by atoms with Crippen molar-refractivity contribution in [3.05, 3.63) is 23.8 Å². The van der Waals surface area contributed by atoms with E-state index in [1.165, 1.54) is 0 Å². The molecular formula is C18H24N4O3. The number of amides is 1. The van der Waals surface area contributed by atoms with Gasteiger partial charge in [0.2, 0.25) is 5.95 Å². The molecule has 2 saturated heterocycles. The number of carbonyl (C=O) groups is 1. The van der Waals surface area contributed by atoms with Crippen LogP contribution >= 0.6 is 0 Å². The molecule has 7 nitrogen and oxygen atoms in total. The largest absolute Gasteiger partial charge is 0.379 e. The van der Waals surface area contributed by atoms with Gasteiger partial charge < -0.3 is 24.3 Å². The predicted molar refractivity (Wildman–Crippen MR) is 95.1 cm³/mol. The fourth-order valence-electron chi connectivity index (χ4n) is 3.50. The summed E-state index contributed by atoms with van der Waals surface area (Å²) in [7, 11) is 2.01. The number of ether oxygens (including phenoxy) is 2. The van der Waals surface area contributed by atoms with Gasteiger partial charge in [-0.2, -0.15) is 0 Å². The van der Waals surface area contributed by atoms with Gasteiger partial charge in [-0.25, -0.2) is 4.98 Å². The summed E-state index contributed by atoms with van der Waals surface area (Å²) in [4.78, 5) is 19.5. The van der Waals surface area contributed by atoms with Gasteiger partial charge in [0.05, 0.1) is 36.9 Å². The molecule has 7 heteroatoms. The van der Waals surface area contributed by atoms with Crippen molar-refractivity contribution < 1.29 is 14.3 Å². The number of aromatic nitrogens is 2. The second-order valence-electron chi connectivity index (χ2n) is 6.66. The van der Waals surface area contributed by atoms with Gasteiger partial charge in [0.15, 0.2) is 0 Å². The van der Waals surface area contributed by atoms with Crippen molar-refractivity contribution in [1.82, 2.24) is 14.9 Å². The second kappa shape index (κ2) is 7.01. The Morgan fingerprint density at radius 3 is 2.84 bits per heavy atom. The maximum absolute atomic E-state index is 12.5. The number of hydrogen-bond donors (Lipinski definition) is 1. The monoisotopic (exact) mass is 344 g/mol. The van der Waals surface area contributed by atoms with Crippen LogP contribution in [0.1, 0.15) is 23.2 Å². The minimum atomic E-state index is -0.0593. The summed E-state index contributed by atoms with van der Waals surface area (Å²) in [5, 5.41) is 3.06. The van der Waals surface area contributed by atoms with Crippen LogP contribution in [-0.2, 0) is 16.5 Å². The molecule has 0 saturated carbocycles. The number of aryl methyl sites for hydroxylation is 1. The Balaban J connectivity index is 1.56. The number of imidazole rings is 1. The van der Waals surface area contributed by atoms with Gasteiger partial charge in [-0.3, -0.25) is 4.79 Å². The molecule has 2 fully saturated rings. The first kappa shape index (κ1) is 16.4. The van der Waals surface area contributed by atoms with Crippen molar-refractivity contribution in [3.63, 3.8) is 0 Å². The Bertz CT molecular complexity index is 761. The third-order valence-electron chi connectivity index (χ3n) is 4.91. The fraction of sp³-hybridized carbons (Fsp3) is 0.556. The van der Waals surface area contributed by atoms with E-state index >= 15 is 0 Å². The number of morpholine rings is 1. The summed E-state index contributed by atoms with van der Waals surface area (Å²) >= 11 is 0. The van der Waals surface area contributed by atoms with E-state index in [4.69, 9.17) is 14.5 Å². The first-order valence-electron chi connectivity index (χ1n) is 8.90. The van der Waals surface area contributed by atoms with Crippen LogP contribution in [0.3, 0.4) is 0 Å². The molecule has 1 N–H and O–H groups in total. The minimum Gasteiger partial charge on any atom is -0.379 e. The molecule has 1 atom stereocenters. The summed E-state index contributed by atoms with van der Waals surface area (Å²) in [6.07, 6.45) is 1.96. The lowest BCUT2D eigenvalue weighted by Gasteiger charge is -2.27. The highest BCUT2D eigenvalue weighted by atomic mass is 16.5. The predicted octanol–water partition coefficient (Wildman–Crippen LogP) is 1.32. The number of fused-ring (bicyclic) bond motifs is 1. The summed E-state index contributed by atoms with van der Waals surface area (Å²) < 4.78 is 12.9. The maximum Gasteiger partial charge on any atom is 0.251 e. The zero-order valence-corrected chi connectivity index (χ0v) is 14.5. The lowest BCUT2D eigenvalue weighted by atomic mass is 10.1. The summed E-state index contributed by atoms with van der Waals surface area (Å²) in [6, 6.07) is 5.81. The Labute approximate surface area is 146 Å². The molecule has 2 aliphatic heterocycles. The molecule has 134 valence electrons. The normalized spacial score (nSPS) is 21.5. The van der Waals surface area contributed by atoms with E-state index in [1.807, 2.05) is 25.2 Å². The molecule has 0 radical (unpaired) electrons. The fourth-order valence-corrected chi connectivity index (χ4v) is 3.50. The van der Waals surface area contributed by atoms with Crippen LogP contribution in [0.4, 0.5) is 5.95 Å². The molecule has 1 unspecified atom stereocenters. The first-order chi connectivity index (χ1) is 12.2. The van der Waals surface area contributed by atoms with E-state index in [9.17, 15) is 4.79 Å². The van der Waals surface area contributed by atoms with Crippen LogP contribution in [-0.4, -0.2) is 61.0 Å². The third kappa shape index (κ3) is 3.34. The van der Waals surface area contributed by atoms with Gasteiger partial charge in [-0.05, 0) is 31.0 Å². The number of nitrogens with one attached hydrogen (secondary N) is 1. The Kier molecular flexibility index (Phi) is 4.59. The van der Waals surface area contributed by atoms with Gasteiger partial charge >= 0.3 is 0 Å². The van der Waals surface area contributed by atoms with Gasteiger partial charge in [0.1, 0.15) is 0 Å². The molecule has 1 aromatic carbocycles. The van der Waals surface area contributed by atoms with E-state index < -0.39 is 0 Å². The topological polar surface area (TPSA) is 68.6 Å². The average Bonchev–Trinajstić information content (AvgIpc) is 2.99. The summed E-state index contributed by atoms with van der Waals surface area (Å²) in [5.41, 5.74) is 2.51. The van der Waals surface area contributed by atoms with Crippen molar-refractivity contribution in [1.29, 1.82) is 0 Å². The standard InChI is InChI=1S/C18H24N4O3/c1-21-16-5-4-13(17(23)19-14-3-2-8-25-12-14)11-15(16)20-18(21)22-6-9-24-10-7-22/h4-5,11,14H,2-3,6-10,12H2,1H3,(H,19,23). The number of rotatable bonds is 3. The Morgan fingerprint density at radius 1 is 1.24 bits per heavy atom. The molecule has 1 amide bonds. The molecule has 2 aromatic rings. The molecule has 0 aliphatic carbocycles. The molecule has 1 aromatic heterocycles. The highest BCUT2D eigenvalue weighted by Gasteiger charge is 2.20. The number of hydrogen-bond acceptors (Lipinski definition) is 5. The molecule has 2 aliphatic rings. The quantitative estimate of drug-likeness (QED) is 0.909. The molecule has 3 heterocycles. The smallest absolute Gasteiger partial charge is 0.251 e. The lowest BCUT2D eigenvalue weighted by Crippen LogP contribution is -2.40. The Morgan fingerprint density at radius 2 is 2.08 bits per heavy atom. The molecular weight excluding hydrogens is 320 g/mol. The average molecular weight is 344 g/mol. The zero-order chi connectivity index (χ0) is 17.2. The van der Waals surface area contributed by atoms with E-state index in [0.717, 1.165) is 62.7 Å². The van der Waals surface area contributed by atoms with Crippen LogP contribution < -0.4 is 10.2 Å². The minimum absolute atomic E-state index is 0.0593. The maximum atomic E-state index is 12.5. The van der Waals surface area contributed by atoms with Gasteiger partial charge in [-0.15, -0.1) is 0 Å². The SMILES string of the molecule is Cn1c(N2CCOCC2)nc2cc(C(=O)NC3CCCOC3)ccc21. The van der Waals surface area contributed by atoms with E-state index in [2.05, 4.69) is 14.8 Å². The lowest BCUT2D eigenvalue weighted by molar-refractivity contribution is 0.0624. The molecule has 0 spiro atoms. The van der Waals surface area contributed by atoms with Crippen molar-refractivity contribution in [3.8, 4) is 0 Å². The number of benzene rings is 1. The molecule has 4 rings (SSSR count). The van der Waals surface area contributed by atoms with Crippen LogP contribution in [0.5, 0.6) is 0 Å². The van der Waals surface area contributed by atoms with Crippen LogP contribution in [0.15, 0.2) is 18.2 Å². The van der Waals surface area contributed by atoms with Crippen LogP contribution in [0.25, 0.3) is 11.0 Å². The molecule has 0 bridgehead atoms. The highest BCUT2D eigenvalue weighted by Crippen LogP contribution is 2.23. The third-order valence-corrected chi connectivity index (χ3v) is 4.91. The van der Waals surface area contributed by atoms with Crippen LogP contribution in [0, 0.1) is 0 Å². The van der Waals surface area contributed by atoms with E-state index in [0.29, 0.717) is 12.2 Å². The number of carbonyl (C=O) groups excluding carboxylic acids is 1. The van der Waals surface area contributed by atoms with Gasteiger partial charge in [-0.1, -0.05) is 0 Å².